The number of nitrogens with one attached hydrogen (secondary N) is 1. The smallest absolute Gasteiger partial charge is 0.169 e. The summed E-state index contributed by atoms with van der Waals surface area (Å²) in [5, 5.41) is 5.65. The van der Waals surface area contributed by atoms with E-state index in [1.807, 2.05) is 152 Å². The first kappa shape index (κ1) is 30.2. The zero-order valence-electron chi connectivity index (χ0n) is 27.4. The summed E-state index contributed by atoms with van der Waals surface area (Å²) in [6.07, 6.45) is 0. The van der Waals surface area contributed by atoms with Gasteiger partial charge in [0.25, 0.3) is 0 Å². The number of aromatic nitrogens is 4. The SMILES string of the molecule is Fc1c(-c2ccccc2Nc2ccccc2)ccc(-n2c3ccccc3c3ccccc32)c1-c1nc(-c2ccccc2)nc(-c2ccccc2)n1. The summed E-state index contributed by atoms with van der Waals surface area (Å²) in [6.45, 7) is 0. The van der Waals surface area contributed by atoms with Gasteiger partial charge in [0.1, 0.15) is 5.82 Å². The lowest BCUT2D eigenvalue weighted by Gasteiger charge is -2.19. The summed E-state index contributed by atoms with van der Waals surface area (Å²) in [7, 11) is 0. The maximum Gasteiger partial charge on any atom is 0.169 e. The second-order valence-corrected chi connectivity index (χ2v) is 12.3. The maximum absolute atomic E-state index is 17.9. The predicted molar refractivity (Wildman–Crippen MR) is 206 cm³/mol. The number of hydrogen-bond acceptors (Lipinski definition) is 4. The molecule has 0 amide bonds. The van der Waals surface area contributed by atoms with E-state index in [4.69, 9.17) is 15.0 Å². The highest BCUT2D eigenvalue weighted by atomic mass is 19.1. The van der Waals surface area contributed by atoms with Crippen LogP contribution in [-0.4, -0.2) is 19.5 Å². The van der Waals surface area contributed by atoms with E-state index in [9.17, 15) is 0 Å². The molecule has 9 rings (SSSR count). The van der Waals surface area contributed by atoms with E-state index in [-0.39, 0.29) is 11.4 Å². The molecule has 0 bridgehead atoms. The first-order valence-corrected chi connectivity index (χ1v) is 16.8. The number of halogens is 1. The van der Waals surface area contributed by atoms with Crippen LogP contribution < -0.4 is 5.32 Å². The van der Waals surface area contributed by atoms with Gasteiger partial charge in [0.2, 0.25) is 0 Å². The third-order valence-electron chi connectivity index (χ3n) is 9.13. The molecule has 0 aliphatic carbocycles. The van der Waals surface area contributed by atoms with Crippen molar-refractivity contribution >= 4 is 33.2 Å². The Labute approximate surface area is 294 Å². The highest BCUT2D eigenvalue weighted by Crippen LogP contribution is 2.42. The highest BCUT2D eigenvalue weighted by molar-refractivity contribution is 6.09. The minimum atomic E-state index is -0.430. The number of para-hydroxylation sites is 4. The molecule has 0 spiro atoms. The molecule has 0 aliphatic rings. The van der Waals surface area contributed by atoms with Crippen molar-refractivity contribution in [3.8, 4) is 51.0 Å². The first-order chi connectivity index (χ1) is 25.2. The highest BCUT2D eigenvalue weighted by Gasteiger charge is 2.25. The normalized spacial score (nSPS) is 11.2. The van der Waals surface area contributed by atoms with E-state index >= 15 is 4.39 Å². The van der Waals surface area contributed by atoms with Crippen LogP contribution in [0.2, 0.25) is 0 Å². The fourth-order valence-electron chi connectivity index (χ4n) is 6.78. The van der Waals surface area contributed by atoms with Crippen molar-refractivity contribution in [3.63, 3.8) is 0 Å². The van der Waals surface area contributed by atoms with Crippen molar-refractivity contribution in [2.75, 3.05) is 5.32 Å². The monoisotopic (exact) mass is 659 g/mol. The van der Waals surface area contributed by atoms with Gasteiger partial charge in [0.15, 0.2) is 17.5 Å². The standard InChI is InChI=1S/C45H30FN5/c46-42-36(33-22-10-13-25-37(33)47-32-20-8-3-9-21-32)28-29-40(51-38-26-14-11-23-34(38)35-24-12-15-27-39(35)51)41(42)45-49-43(30-16-4-1-5-17-30)48-44(50-45)31-18-6-2-7-19-31/h1-29,47H. The molecule has 2 aromatic heterocycles. The van der Waals surface area contributed by atoms with Crippen molar-refractivity contribution < 1.29 is 4.39 Å². The largest absolute Gasteiger partial charge is 0.355 e. The van der Waals surface area contributed by atoms with Gasteiger partial charge in [-0.2, -0.15) is 0 Å². The van der Waals surface area contributed by atoms with E-state index in [1.165, 1.54) is 0 Å². The molecule has 2 heterocycles. The van der Waals surface area contributed by atoms with Crippen molar-refractivity contribution in [3.05, 3.63) is 182 Å². The van der Waals surface area contributed by atoms with Crippen LogP contribution in [0.1, 0.15) is 0 Å². The van der Waals surface area contributed by atoms with E-state index < -0.39 is 5.82 Å². The van der Waals surface area contributed by atoms with Gasteiger partial charge in [-0.15, -0.1) is 0 Å². The molecular weight excluding hydrogens is 630 g/mol. The molecule has 0 saturated heterocycles. The molecule has 0 aliphatic heterocycles. The Morgan fingerprint density at radius 1 is 0.431 bits per heavy atom. The molecule has 51 heavy (non-hydrogen) atoms. The lowest BCUT2D eigenvalue weighted by atomic mass is 9.98. The Kier molecular flexibility index (Phi) is 7.59. The summed E-state index contributed by atoms with van der Waals surface area (Å²) in [5.74, 6) is 0.737. The molecule has 7 aromatic carbocycles. The minimum Gasteiger partial charge on any atom is -0.355 e. The second kappa shape index (κ2) is 12.8. The van der Waals surface area contributed by atoms with Crippen molar-refractivity contribution in [2.45, 2.75) is 0 Å². The molecule has 0 saturated carbocycles. The summed E-state index contributed by atoms with van der Waals surface area (Å²) >= 11 is 0. The fourth-order valence-corrected chi connectivity index (χ4v) is 6.78. The van der Waals surface area contributed by atoms with Crippen molar-refractivity contribution in [1.82, 2.24) is 19.5 Å². The molecule has 5 nitrogen and oxygen atoms in total. The van der Waals surface area contributed by atoms with Crippen LogP contribution in [0.15, 0.2) is 176 Å². The Hall–Kier alpha value is -6.92. The number of fused-ring (bicyclic) bond motifs is 3. The van der Waals surface area contributed by atoms with Crippen LogP contribution in [0.25, 0.3) is 72.8 Å². The Morgan fingerprint density at radius 3 is 1.53 bits per heavy atom. The number of anilines is 2. The summed E-state index contributed by atoms with van der Waals surface area (Å²) in [5.41, 5.74) is 7.28. The molecule has 0 atom stereocenters. The third kappa shape index (κ3) is 5.49. The van der Waals surface area contributed by atoms with Gasteiger partial charge >= 0.3 is 0 Å². The summed E-state index contributed by atoms with van der Waals surface area (Å²) in [6, 6.07) is 57.5. The topological polar surface area (TPSA) is 55.6 Å². The average Bonchev–Trinajstić information content (AvgIpc) is 3.53. The molecule has 1 N–H and O–H groups in total. The lowest BCUT2D eigenvalue weighted by molar-refractivity contribution is 0.632. The van der Waals surface area contributed by atoms with Gasteiger partial charge in [-0.3, -0.25) is 0 Å². The Morgan fingerprint density at radius 2 is 0.922 bits per heavy atom. The van der Waals surface area contributed by atoms with Gasteiger partial charge in [0.05, 0.1) is 22.3 Å². The predicted octanol–water partition coefficient (Wildman–Crippen LogP) is 11.5. The molecule has 0 fully saturated rings. The zero-order valence-corrected chi connectivity index (χ0v) is 27.4. The Bertz CT molecular complexity index is 2560. The van der Waals surface area contributed by atoms with E-state index in [0.29, 0.717) is 22.9 Å². The second-order valence-electron chi connectivity index (χ2n) is 12.3. The van der Waals surface area contributed by atoms with E-state index in [0.717, 1.165) is 49.9 Å². The van der Waals surface area contributed by atoms with Crippen LogP contribution in [0.5, 0.6) is 0 Å². The molecule has 242 valence electrons. The zero-order chi connectivity index (χ0) is 34.1. The summed E-state index contributed by atoms with van der Waals surface area (Å²) in [4.78, 5) is 15.0. The van der Waals surface area contributed by atoms with Gasteiger partial charge in [0, 0.05) is 44.4 Å². The van der Waals surface area contributed by atoms with E-state index in [2.05, 4.69) is 34.1 Å². The molecule has 0 unspecified atom stereocenters. The fraction of sp³-hybridized carbons (Fsp3) is 0. The lowest BCUT2D eigenvalue weighted by Crippen LogP contribution is -2.06. The van der Waals surface area contributed by atoms with Crippen LogP contribution in [0, 0.1) is 5.82 Å². The molecule has 0 radical (unpaired) electrons. The number of hydrogen-bond donors (Lipinski definition) is 1. The van der Waals surface area contributed by atoms with Gasteiger partial charge in [-0.1, -0.05) is 133 Å². The molecule has 6 heteroatoms. The van der Waals surface area contributed by atoms with Gasteiger partial charge in [-0.25, -0.2) is 19.3 Å². The number of rotatable bonds is 7. The summed E-state index contributed by atoms with van der Waals surface area (Å²) < 4.78 is 20.1. The quantitative estimate of drug-likeness (QED) is 0.185. The molecule has 9 aromatic rings. The molecular formula is C45H30FN5. The number of benzene rings is 7. The number of nitrogens with zero attached hydrogens (tertiary/aromatic N) is 4. The third-order valence-corrected chi connectivity index (χ3v) is 9.13. The Balaban J connectivity index is 1.36. The average molecular weight is 660 g/mol. The van der Waals surface area contributed by atoms with Crippen LogP contribution in [-0.2, 0) is 0 Å². The van der Waals surface area contributed by atoms with Gasteiger partial charge < -0.3 is 9.88 Å². The van der Waals surface area contributed by atoms with Crippen LogP contribution >= 0.6 is 0 Å². The first-order valence-electron chi connectivity index (χ1n) is 16.8. The van der Waals surface area contributed by atoms with Crippen LogP contribution in [0.3, 0.4) is 0 Å². The van der Waals surface area contributed by atoms with E-state index in [1.54, 1.807) is 0 Å². The van der Waals surface area contributed by atoms with Crippen LogP contribution in [0.4, 0.5) is 15.8 Å². The maximum atomic E-state index is 17.9. The minimum absolute atomic E-state index is 0.243. The van der Waals surface area contributed by atoms with Crippen molar-refractivity contribution in [2.24, 2.45) is 0 Å². The van der Waals surface area contributed by atoms with Gasteiger partial charge in [-0.05, 0) is 42.5 Å². The van der Waals surface area contributed by atoms with Crippen molar-refractivity contribution in [1.29, 1.82) is 0 Å².